The Morgan fingerprint density at radius 2 is 2.27 bits per heavy atom. The first-order valence-corrected chi connectivity index (χ1v) is 7.87. The van der Waals surface area contributed by atoms with Gasteiger partial charge in [0.1, 0.15) is 0 Å². The van der Waals surface area contributed by atoms with Gasteiger partial charge in [-0.05, 0) is 38.0 Å². The second-order valence-corrected chi connectivity index (χ2v) is 6.38. The largest absolute Gasteiger partial charge is 0.342 e. The lowest BCUT2D eigenvalue weighted by Gasteiger charge is -2.17. The zero-order valence-corrected chi connectivity index (χ0v) is 12.6. The topological polar surface area (TPSA) is 96.7 Å². The van der Waals surface area contributed by atoms with Gasteiger partial charge in [0.2, 0.25) is 5.89 Å². The van der Waals surface area contributed by atoms with Crippen molar-refractivity contribution in [2.45, 2.75) is 51.5 Å². The van der Waals surface area contributed by atoms with Crippen LogP contribution in [0, 0.1) is 5.92 Å². The molecular formula is C15H19N5O2. The van der Waals surface area contributed by atoms with Crippen LogP contribution in [0.5, 0.6) is 0 Å². The molecule has 22 heavy (non-hydrogen) atoms. The van der Waals surface area contributed by atoms with Crippen LogP contribution in [-0.2, 0) is 19.4 Å². The molecular weight excluding hydrogens is 282 g/mol. The van der Waals surface area contributed by atoms with Crippen LogP contribution in [-0.4, -0.2) is 26.2 Å². The molecule has 0 radical (unpaired) electrons. The number of hydrogen-bond donors (Lipinski definition) is 2. The SMILES string of the molecule is CC1CCc2[nH]nc(C(=O)NCc3nc(C4CC4)no3)c2C1. The predicted molar refractivity (Wildman–Crippen MR) is 77.2 cm³/mol. The number of carbonyl (C=O) groups excluding carboxylic acids is 1. The van der Waals surface area contributed by atoms with E-state index in [1.54, 1.807) is 0 Å². The number of nitrogens with zero attached hydrogens (tertiary/aromatic N) is 3. The molecule has 2 aliphatic carbocycles. The van der Waals surface area contributed by atoms with Crippen LogP contribution in [0.4, 0.5) is 0 Å². The maximum absolute atomic E-state index is 12.3. The van der Waals surface area contributed by atoms with Crippen LogP contribution in [0.15, 0.2) is 4.52 Å². The fourth-order valence-corrected chi connectivity index (χ4v) is 2.94. The van der Waals surface area contributed by atoms with Crippen molar-refractivity contribution in [1.29, 1.82) is 0 Å². The van der Waals surface area contributed by atoms with Gasteiger partial charge in [0.05, 0.1) is 6.54 Å². The Morgan fingerprint density at radius 3 is 3.09 bits per heavy atom. The van der Waals surface area contributed by atoms with Gasteiger partial charge in [-0.15, -0.1) is 0 Å². The van der Waals surface area contributed by atoms with E-state index < -0.39 is 0 Å². The molecule has 2 N–H and O–H groups in total. The number of aryl methyl sites for hydroxylation is 1. The molecule has 1 fully saturated rings. The van der Waals surface area contributed by atoms with E-state index in [1.165, 1.54) is 0 Å². The molecule has 116 valence electrons. The van der Waals surface area contributed by atoms with Crippen LogP contribution in [0.25, 0.3) is 0 Å². The summed E-state index contributed by atoms with van der Waals surface area (Å²) >= 11 is 0. The summed E-state index contributed by atoms with van der Waals surface area (Å²) in [6.07, 6.45) is 5.26. The fourth-order valence-electron chi connectivity index (χ4n) is 2.94. The summed E-state index contributed by atoms with van der Waals surface area (Å²) in [6, 6.07) is 0. The van der Waals surface area contributed by atoms with Crippen molar-refractivity contribution in [1.82, 2.24) is 25.7 Å². The van der Waals surface area contributed by atoms with Crippen LogP contribution >= 0.6 is 0 Å². The number of carbonyl (C=O) groups is 1. The van der Waals surface area contributed by atoms with E-state index in [9.17, 15) is 4.79 Å². The lowest BCUT2D eigenvalue weighted by atomic mass is 9.88. The fraction of sp³-hybridized carbons (Fsp3) is 0.600. The zero-order chi connectivity index (χ0) is 15.1. The number of fused-ring (bicyclic) bond motifs is 1. The quantitative estimate of drug-likeness (QED) is 0.896. The van der Waals surface area contributed by atoms with Crippen LogP contribution < -0.4 is 5.32 Å². The Kier molecular flexibility index (Phi) is 3.20. The summed E-state index contributed by atoms with van der Waals surface area (Å²) in [5, 5.41) is 13.9. The summed E-state index contributed by atoms with van der Waals surface area (Å²) in [7, 11) is 0. The van der Waals surface area contributed by atoms with E-state index >= 15 is 0 Å². The van der Waals surface area contributed by atoms with Crippen molar-refractivity contribution in [2.75, 3.05) is 0 Å². The standard InChI is InChI=1S/C15H19N5O2/c1-8-2-5-11-10(6-8)13(19-18-11)15(21)16-7-12-17-14(20-22-12)9-3-4-9/h8-9H,2-7H2,1H3,(H,16,21)(H,18,19). The maximum atomic E-state index is 12.3. The number of hydrogen-bond acceptors (Lipinski definition) is 5. The summed E-state index contributed by atoms with van der Waals surface area (Å²) in [5.41, 5.74) is 2.65. The number of rotatable bonds is 4. The minimum Gasteiger partial charge on any atom is -0.342 e. The van der Waals surface area contributed by atoms with E-state index in [4.69, 9.17) is 4.52 Å². The highest BCUT2D eigenvalue weighted by atomic mass is 16.5. The van der Waals surface area contributed by atoms with Crippen molar-refractivity contribution in [3.8, 4) is 0 Å². The van der Waals surface area contributed by atoms with Crippen molar-refractivity contribution in [3.63, 3.8) is 0 Å². The van der Waals surface area contributed by atoms with Gasteiger partial charge in [-0.3, -0.25) is 9.89 Å². The summed E-state index contributed by atoms with van der Waals surface area (Å²) in [6.45, 7) is 2.45. The Hall–Kier alpha value is -2.18. The van der Waals surface area contributed by atoms with Gasteiger partial charge in [0.25, 0.3) is 5.91 Å². The summed E-state index contributed by atoms with van der Waals surface area (Å²) in [5.74, 6) is 2.07. The highest BCUT2D eigenvalue weighted by Gasteiger charge is 2.29. The van der Waals surface area contributed by atoms with Crippen molar-refractivity contribution in [3.05, 3.63) is 28.7 Å². The molecule has 1 atom stereocenters. The first kappa shape index (κ1) is 13.5. The van der Waals surface area contributed by atoms with Crippen LogP contribution in [0.2, 0.25) is 0 Å². The molecule has 2 aliphatic rings. The Balaban J connectivity index is 1.42. The number of aromatic nitrogens is 4. The average Bonchev–Trinajstić information content (AvgIpc) is 3.11. The summed E-state index contributed by atoms with van der Waals surface area (Å²) < 4.78 is 5.16. The van der Waals surface area contributed by atoms with Gasteiger partial charge in [0, 0.05) is 17.2 Å². The molecule has 1 amide bonds. The molecule has 2 heterocycles. The van der Waals surface area contributed by atoms with Crippen LogP contribution in [0.1, 0.15) is 65.6 Å². The molecule has 2 aromatic heterocycles. The predicted octanol–water partition coefficient (Wildman–Crippen LogP) is 1.72. The molecule has 1 saturated carbocycles. The molecule has 7 nitrogen and oxygen atoms in total. The average molecular weight is 301 g/mol. The first-order valence-electron chi connectivity index (χ1n) is 7.87. The Labute approximate surface area is 127 Å². The monoisotopic (exact) mass is 301 g/mol. The number of H-pyrrole nitrogens is 1. The molecule has 2 aromatic rings. The molecule has 0 spiro atoms. The van der Waals surface area contributed by atoms with Gasteiger partial charge in [-0.2, -0.15) is 10.1 Å². The van der Waals surface area contributed by atoms with Crippen molar-refractivity contribution in [2.24, 2.45) is 5.92 Å². The van der Waals surface area contributed by atoms with E-state index in [1.807, 2.05) is 0 Å². The third-order valence-corrected chi connectivity index (χ3v) is 4.43. The molecule has 7 heteroatoms. The normalized spacial score (nSPS) is 20.7. The van der Waals surface area contributed by atoms with E-state index in [0.29, 0.717) is 23.4 Å². The molecule has 4 rings (SSSR count). The summed E-state index contributed by atoms with van der Waals surface area (Å²) in [4.78, 5) is 16.6. The minimum absolute atomic E-state index is 0.183. The molecule has 0 bridgehead atoms. The zero-order valence-electron chi connectivity index (χ0n) is 12.6. The number of amides is 1. The molecule has 1 unspecified atom stereocenters. The Bertz CT molecular complexity index is 701. The molecule has 0 aliphatic heterocycles. The van der Waals surface area contributed by atoms with E-state index in [-0.39, 0.29) is 12.5 Å². The highest BCUT2D eigenvalue weighted by Crippen LogP contribution is 2.38. The lowest BCUT2D eigenvalue weighted by molar-refractivity contribution is 0.0940. The second-order valence-electron chi connectivity index (χ2n) is 6.38. The van der Waals surface area contributed by atoms with Gasteiger partial charge in [-0.1, -0.05) is 12.1 Å². The van der Waals surface area contributed by atoms with Gasteiger partial charge in [0.15, 0.2) is 11.5 Å². The third-order valence-electron chi connectivity index (χ3n) is 4.43. The van der Waals surface area contributed by atoms with Gasteiger partial charge < -0.3 is 9.84 Å². The Morgan fingerprint density at radius 1 is 1.41 bits per heavy atom. The van der Waals surface area contributed by atoms with Gasteiger partial charge in [-0.25, -0.2) is 0 Å². The maximum Gasteiger partial charge on any atom is 0.272 e. The van der Waals surface area contributed by atoms with E-state index in [2.05, 4.69) is 32.6 Å². The van der Waals surface area contributed by atoms with E-state index in [0.717, 1.165) is 49.2 Å². The third kappa shape index (κ3) is 2.51. The first-order chi connectivity index (χ1) is 10.7. The van der Waals surface area contributed by atoms with Gasteiger partial charge >= 0.3 is 0 Å². The molecule has 0 saturated heterocycles. The van der Waals surface area contributed by atoms with Crippen LogP contribution in [0.3, 0.4) is 0 Å². The minimum atomic E-state index is -0.183. The van der Waals surface area contributed by atoms with Crippen molar-refractivity contribution < 1.29 is 9.32 Å². The van der Waals surface area contributed by atoms with Crippen molar-refractivity contribution >= 4 is 5.91 Å². The highest BCUT2D eigenvalue weighted by molar-refractivity contribution is 5.93. The number of aromatic amines is 1. The molecule has 0 aromatic carbocycles. The smallest absolute Gasteiger partial charge is 0.272 e. The second kappa shape index (κ2) is 5.23. The number of nitrogens with one attached hydrogen (secondary N) is 2. The lowest BCUT2D eigenvalue weighted by Crippen LogP contribution is -2.25.